The van der Waals surface area contributed by atoms with Gasteiger partial charge in [0.05, 0.1) is 0 Å². The van der Waals surface area contributed by atoms with E-state index in [4.69, 9.17) is 11.2 Å². The second kappa shape index (κ2) is 9.84. The Hall–Kier alpha value is -1.99. The molecule has 1 aromatic rings. The monoisotopic (exact) mass is 288 g/mol. The molecule has 0 unspecified atom stereocenters. The summed E-state index contributed by atoms with van der Waals surface area (Å²) in [5.74, 6) is 3.79. The maximum Gasteiger partial charge on any atom is 0.221 e. The average Bonchev–Trinajstić information content (AvgIpc) is 2.48. The number of terminal acetylenes is 1. The van der Waals surface area contributed by atoms with Gasteiger partial charge in [0.15, 0.2) is 0 Å². The van der Waals surface area contributed by atoms with Crippen LogP contribution in [0.5, 0.6) is 5.75 Å². The van der Waals surface area contributed by atoms with Crippen molar-refractivity contribution in [2.45, 2.75) is 26.8 Å². The Balaban J connectivity index is 2.29. The molecule has 0 aliphatic heterocycles. The van der Waals surface area contributed by atoms with E-state index in [0.29, 0.717) is 25.4 Å². The van der Waals surface area contributed by atoms with E-state index >= 15 is 0 Å². The lowest BCUT2D eigenvalue weighted by Crippen LogP contribution is -2.30. The van der Waals surface area contributed by atoms with Gasteiger partial charge in [0.1, 0.15) is 12.4 Å². The Morgan fingerprint density at radius 3 is 2.86 bits per heavy atom. The SMILES string of the molecule is C#CCOc1ccccc1CNCCC(=O)NCC(C)C. The Morgan fingerprint density at radius 2 is 2.14 bits per heavy atom. The summed E-state index contributed by atoms with van der Waals surface area (Å²) in [5.41, 5.74) is 1.04. The van der Waals surface area contributed by atoms with Crippen LogP contribution in [0.15, 0.2) is 24.3 Å². The van der Waals surface area contributed by atoms with Crippen LogP contribution in [0.3, 0.4) is 0 Å². The molecule has 0 radical (unpaired) electrons. The fourth-order valence-electron chi connectivity index (χ4n) is 1.74. The first-order valence-electron chi connectivity index (χ1n) is 7.25. The highest BCUT2D eigenvalue weighted by Gasteiger charge is 2.04. The number of para-hydroxylation sites is 1. The Labute approximate surface area is 127 Å². The summed E-state index contributed by atoms with van der Waals surface area (Å²) in [4.78, 5) is 11.6. The van der Waals surface area contributed by atoms with Gasteiger partial charge in [0, 0.05) is 31.6 Å². The van der Waals surface area contributed by atoms with E-state index in [2.05, 4.69) is 30.4 Å². The minimum Gasteiger partial charge on any atom is -0.481 e. The molecule has 4 nitrogen and oxygen atoms in total. The maximum atomic E-state index is 11.6. The second-order valence-electron chi connectivity index (χ2n) is 5.23. The summed E-state index contributed by atoms with van der Waals surface area (Å²) in [6, 6.07) is 7.74. The molecule has 1 aromatic carbocycles. The highest BCUT2D eigenvalue weighted by molar-refractivity contribution is 5.76. The highest BCUT2D eigenvalue weighted by atomic mass is 16.5. The van der Waals surface area contributed by atoms with E-state index in [1.807, 2.05) is 24.3 Å². The van der Waals surface area contributed by atoms with E-state index in [-0.39, 0.29) is 12.5 Å². The minimum atomic E-state index is 0.0769. The molecule has 0 fully saturated rings. The Kier molecular flexibility index (Phi) is 8.00. The summed E-state index contributed by atoms with van der Waals surface area (Å²) < 4.78 is 5.47. The smallest absolute Gasteiger partial charge is 0.221 e. The van der Waals surface area contributed by atoms with Crippen LogP contribution in [-0.2, 0) is 11.3 Å². The van der Waals surface area contributed by atoms with Gasteiger partial charge in [-0.25, -0.2) is 0 Å². The summed E-state index contributed by atoms with van der Waals surface area (Å²) in [6.07, 6.45) is 5.67. The molecule has 0 aliphatic carbocycles. The first kappa shape index (κ1) is 17.1. The van der Waals surface area contributed by atoms with Gasteiger partial charge in [0.25, 0.3) is 0 Å². The van der Waals surface area contributed by atoms with Crippen LogP contribution < -0.4 is 15.4 Å². The number of hydrogen-bond donors (Lipinski definition) is 2. The molecule has 0 aromatic heterocycles. The fraction of sp³-hybridized carbons (Fsp3) is 0.471. The zero-order valence-corrected chi connectivity index (χ0v) is 12.8. The van der Waals surface area contributed by atoms with E-state index in [1.165, 1.54) is 0 Å². The number of rotatable bonds is 9. The largest absolute Gasteiger partial charge is 0.481 e. The first-order valence-corrected chi connectivity index (χ1v) is 7.25. The molecule has 0 heterocycles. The molecule has 1 amide bonds. The van der Waals surface area contributed by atoms with Gasteiger partial charge in [-0.1, -0.05) is 38.0 Å². The second-order valence-corrected chi connectivity index (χ2v) is 5.23. The fourth-order valence-corrected chi connectivity index (χ4v) is 1.74. The topological polar surface area (TPSA) is 50.4 Å². The van der Waals surface area contributed by atoms with Gasteiger partial charge >= 0.3 is 0 Å². The minimum absolute atomic E-state index is 0.0769. The lowest BCUT2D eigenvalue weighted by Gasteiger charge is -2.11. The molecule has 4 heteroatoms. The first-order chi connectivity index (χ1) is 10.1. The molecule has 0 saturated carbocycles. The zero-order valence-electron chi connectivity index (χ0n) is 12.8. The van der Waals surface area contributed by atoms with Gasteiger partial charge in [-0.05, 0) is 12.0 Å². The van der Waals surface area contributed by atoms with Crippen LogP contribution in [-0.4, -0.2) is 25.6 Å². The van der Waals surface area contributed by atoms with Crippen molar-refractivity contribution in [1.29, 1.82) is 0 Å². The maximum absolute atomic E-state index is 11.6. The highest BCUT2D eigenvalue weighted by Crippen LogP contribution is 2.17. The Bertz CT molecular complexity index is 478. The molecule has 0 spiro atoms. The van der Waals surface area contributed by atoms with E-state index in [9.17, 15) is 4.79 Å². The molecule has 1 rings (SSSR count). The van der Waals surface area contributed by atoms with Gasteiger partial charge in [-0.3, -0.25) is 4.79 Å². The average molecular weight is 288 g/mol. The van der Waals surface area contributed by atoms with Crippen molar-refractivity contribution < 1.29 is 9.53 Å². The summed E-state index contributed by atoms with van der Waals surface area (Å²) in [6.45, 7) is 6.42. The summed E-state index contributed by atoms with van der Waals surface area (Å²) in [7, 11) is 0. The van der Waals surface area contributed by atoms with Gasteiger partial charge in [-0.2, -0.15) is 0 Å². The third kappa shape index (κ3) is 7.38. The van der Waals surface area contributed by atoms with Gasteiger partial charge in [0.2, 0.25) is 5.91 Å². The summed E-state index contributed by atoms with van der Waals surface area (Å²) >= 11 is 0. The quantitative estimate of drug-likeness (QED) is 0.539. The van der Waals surface area contributed by atoms with Crippen molar-refractivity contribution in [2.75, 3.05) is 19.7 Å². The van der Waals surface area contributed by atoms with Crippen molar-refractivity contribution in [3.8, 4) is 18.1 Å². The van der Waals surface area contributed by atoms with E-state index in [1.54, 1.807) is 0 Å². The molecular formula is C17H24N2O2. The number of carbonyl (C=O) groups is 1. The number of hydrogen-bond acceptors (Lipinski definition) is 3. The third-order valence-electron chi connectivity index (χ3n) is 2.84. The van der Waals surface area contributed by atoms with Crippen molar-refractivity contribution in [3.63, 3.8) is 0 Å². The molecular weight excluding hydrogens is 264 g/mol. The molecule has 0 saturated heterocycles. The number of carbonyl (C=O) groups excluding carboxylic acids is 1. The predicted octanol–water partition coefficient (Wildman–Crippen LogP) is 1.95. The number of benzene rings is 1. The van der Waals surface area contributed by atoms with Crippen LogP contribution >= 0.6 is 0 Å². The molecule has 0 bridgehead atoms. The van der Waals surface area contributed by atoms with E-state index < -0.39 is 0 Å². The molecule has 21 heavy (non-hydrogen) atoms. The van der Waals surface area contributed by atoms with Crippen LogP contribution in [0.4, 0.5) is 0 Å². The lowest BCUT2D eigenvalue weighted by molar-refractivity contribution is -0.121. The predicted molar refractivity (Wildman–Crippen MR) is 84.9 cm³/mol. The van der Waals surface area contributed by atoms with Crippen molar-refractivity contribution in [1.82, 2.24) is 10.6 Å². The number of ether oxygens (including phenoxy) is 1. The van der Waals surface area contributed by atoms with Crippen LogP contribution in [0, 0.1) is 18.3 Å². The van der Waals surface area contributed by atoms with Gasteiger partial charge < -0.3 is 15.4 Å². The van der Waals surface area contributed by atoms with Crippen LogP contribution in [0.1, 0.15) is 25.8 Å². The van der Waals surface area contributed by atoms with Crippen molar-refractivity contribution in [3.05, 3.63) is 29.8 Å². The lowest BCUT2D eigenvalue weighted by atomic mass is 10.2. The van der Waals surface area contributed by atoms with Crippen molar-refractivity contribution >= 4 is 5.91 Å². The van der Waals surface area contributed by atoms with E-state index in [0.717, 1.165) is 17.9 Å². The molecule has 0 aliphatic rings. The molecule has 0 atom stereocenters. The normalized spacial score (nSPS) is 10.2. The standard InChI is InChI=1S/C17H24N2O2/c1-4-11-21-16-8-6-5-7-15(16)13-18-10-9-17(20)19-12-14(2)3/h1,5-8,14,18H,9-13H2,2-3H3,(H,19,20). The van der Waals surface area contributed by atoms with Gasteiger partial charge in [-0.15, -0.1) is 6.42 Å². The molecule has 2 N–H and O–H groups in total. The van der Waals surface area contributed by atoms with Crippen LogP contribution in [0.2, 0.25) is 0 Å². The number of amides is 1. The summed E-state index contributed by atoms with van der Waals surface area (Å²) in [5, 5.41) is 6.14. The van der Waals surface area contributed by atoms with Crippen molar-refractivity contribution in [2.24, 2.45) is 5.92 Å². The zero-order chi connectivity index (χ0) is 15.5. The number of nitrogens with one attached hydrogen (secondary N) is 2. The Morgan fingerprint density at radius 1 is 1.38 bits per heavy atom. The molecule has 114 valence electrons. The third-order valence-corrected chi connectivity index (χ3v) is 2.84. The van der Waals surface area contributed by atoms with Crippen LogP contribution in [0.25, 0.3) is 0 Å².